The predicted octanol–water partition coefficient (Wildman–Crippen LogP) is 2.87. The molecule has 0 atom stereocenters. The summed E-state index contributed by atoms with van der Waals surface area (Å²) in [6.07, 6.45) is 2.33. The fourth-order valence-electron chi connectivity index (χ4n) is 2.75. The van der Waals surface area contributed by atoms with E-state index in [9.17, 15) is 0 Å². The Bertz CT molecular complexity index is 536. The van der Waals surface area contributed by atoms with E-state index in [0.717, 1.165) is 69.6 Å². The number of morpholine rings is 1. The van der Waals surface area contributed by atoms with Gasteiger partial charge >= 0.3 is 0 Å². The number of guanidine groups is 1. The first-order chi connectivity index (χ1) is 12.8. The molecule has 1 aliphatic rings. The molecule has 0 radical (unpaired) electrons. The van der Waals surface area contributed by atoms with E-state index in [1.807, 2.05) is 12.1 Å². The molecular formula is C20H35IN4O2. The number of halogens is 1. The standard InChI is InChI=1S/C20H34N4O2.HI/c1-3-5-9-22-20(21-4-2)23-17-18-7-6-8-19(16-18)26-15-12-24-10-13-25-14-11-24;/h6-8,16H,3-5,9-15,17H2,1-2H3,(H2,21,22,23);1H. The van der Waals surface area contributed by atoms with Crippen molar-refractivity contribution in [2.45, 2.75) is 33.2 Å². The van der Waals surface area contributed by atoms with Crippen LogP contribution in [-0.2, 0) is 11.3 Å². The molecule has 1 aliphatic heterocycles. The Hall–Kier alpha value is -1.06. The molecular weight excluding hydrogens is 455 g/mol. The number of nitrogens with zero attached hydrogens (tertiary/aromatic N) is 2. The Balaban J connectivity index is 0.00000364. The quantitative estimate of drug-likeness (QED) is 0.229. The van der Waals surface area contributed by atoms with Gasteiger partial charge in [-0.2, -0.15) is 0 Å². The molecule has 0 bridgehead atoms. The lowest BCUT2D eigenvalue weighted by Crippen LogP contribution is -2.38. The summed E-state index contributed by atoms with van der Waals surface area (Å²) >= 11 is 0. The monoisotopic (exact) mass is 490 g/mol. The van der Waals surface area contributed by atoms with Crippen molar-refractivity contribution in [1.29, 1.82) is 0 Å². The number of nitrogens with one attached hydrogen (secondary N) is 2. The molecule has 1 fully saturated rings. The molecule has 0 unspecified atom stereocenters. The van der Waals surface area contributed by atoms with E-state index in [1.165, 1.54) is 6.42 Å². The highest BCUT2D eigenvalue weighted by Crippen LogP contribution is 2.14. The largest absolute Gasteiger partial charge is 0.492 e. The zero-order valence-electron chi connectivity index (χ0n) is 16.7. The van der Waals surface area contributed by atoms with Gasteiger partial charge in [-0.3, -0.25) is 4.90 Å². The zero-order valence-corrected chi connectivity index (χ0v) is 19.0. The van der Waals surface area contributed by atoms with Crippen LogP contribution in [0.2, 0.25) is 0 Å². The van der Waals surface area contributed by atoms with Crippen molar-refractivity contribution in [2.24, 2.45) is 4.99 Å². The van der Waals surface area contributed by atoms with Crippen molar-refractivity contribution < 1.29 is 9.47 Å². The summed E-state index contributed by atoms with van der Waals surface area (Å²) < 4.78 is 11.3. The van der Waals surface area contributed by atoms with Gasteiger partial charge in [0.1, 0.15) is 12.4 Å². The Labute approximate surface area is 181 Å². The minimum absolute atomic E-state index is 0. The van der Waals surface area contributed by atoms with Crippen molar-refractivity contribution in [2.75, 3.05) is 52.5 Å². The van der Waals surface area contributed by atoms with Gasteiger partial charge in [0.15, 0.2) is 5.96 Å². The number of hydrogen-bond donors (Lipinski definition) is 2. The molecule has 27 heavy (non-hydrogen) atoms. The summed E-state index contributed by atoms with van der Waals surface area (Å²) in [5, 5.41) is 6.66. The summed E-state index contributed by atoms with van der Waals surface area (Å²) in [5.74, 6) is 1.79. The number of rotatable bonds is 10. The maximum Gasteiger partial charge on any atom is 0.191 e. The molecule has 0 amide bonds. The van der Waals surface area contributed by atoms with Gasteiger partial charge in [-0.25, -0.2) is 4.99 Å². The van der Waals surface area contributed by atoms with Crippen LogP contribution in [0.1, 0.15) is 32.3 Å². The van der Waals surface area contributed by atoms with E-state index in [1.54, 1.807) is 0 Å². The Morgan fingerprint density at radius 3 is 2.78 bits per heavy atom. The zero-order chi connectivity index (χ0) is 18.5. The van der Waals surface area contributed by atoms with Crippen LogP contribution in [0.15, 0.2) is 29.3 Å². The van der Waals surface area contributed by atoms with Gasteiger partial charge in [0.2, 0.25) is 0 Å². The van der Waals surface area contributed by atoms with Gasteiger partial charge in [0, 0.05) is 32.7 Å². The lowest BCUT2D eigenvalue weighted by atomic mass is 10.2. The van der Waals surface area contributed by atoms with Crippen LogP contribution < -0.4 is 15.4 Å². The summed E-state index contributed by atoms with van der Waals surface area (Å²) in [4.78, 5) is 7.04. The normalized spacial score (nSPS) is 15.1. The van der Waals surface area contributed by atoms with Crippen LogP contribution in [-0.4, -0.2) is 63.4 Å². The van der Waals surface area contributed by atoms with Crippen molar-refractivity contribution in [3.8, 4) is 5.75 Å². The topological polar surface area (TPSA) is 58.1 Å². The van der Waals surface area contributed by atoms with Crippen molar-refractivity contribution in [1.82, 2.24) is 15.5 Å². The van der Waals surface area contributed by atoms with Crippen LogP contribution in [0.25, 0.3) is 0 Å². The first-order valence-corrected chi connectivity index (χ1v) is 9.85. The fraction of sp³-hybridized carbons (Fsp3) is 0.650. The highest BCUT2D eigenvalue weighted by molar-refractivity contribution is 14.0. The second kappa shape index (κ2) is 14.9. The molecule has 0 aliphatic carbocycles. The van der Waals surface area contributed by atoms with Gasteiger partial charge in [-0.1, -0.05) is 25.5 Å². The third kappa shape index (κ3) is 10.2. The van der Waals surface area contributed by atoms with Gasteiger partial charge in [0.05, 0.1) is 19.8 Å². The summed E-state index contributed by atoms with van der Waals surface area (Å²) in [5.41, 5.74) is 1.15. The SMILES string of the molecule is CCCCNC(=NCc1cccc(OCCN2CCOCC2)c1)NCC.I. The van der Waals surface area contributed by atoms with Gasteiger partial charge in [-0.05, 0) is 31.0 Å². The Morgan fingerprint density at radius 2 is 2.04 bits per heavy atom. The van der Waals surface area contributed by atoms with Crippen molar-refractivity contribution in [3.05, 3.63) is 29.8 Å². The van der Waals surface area contributed by atoms with E-state index in [4.69, 9.17) is 9.47 Å². The summed E-state index contributed by atoms with van der Waals surface area (Å²) in [6, 6.07) is 8.22. The highest BCUT2D eigenvalue weighted by Gasteiger charge is 2.09. The minimum Gasteiger partial charge on any atom is -0.492 e. The van der Waals surface area contributed by atoms with E-state index in [2.05, 4.69) is 46.5 Å². The molecule has 154 valence electrons. The third-order valence-electron chi connectivity index (χ3n) is 4.27. The molecule has 2 N–H and O–H groups in total. The number of ether oxygens (including phenoxy) is 2. The third-order valence-corrected chi connectivity index (χ3v) is 4.27. The Morgan fingerprint density at radius 1 is 1.22 bits per heavy atom. The van der Waals surface area contributed by atoms with Crippen LogP contribution in [0.3, 0.4) is 0 Å². The van der Waals surface area contributed by atoms with Gasteiger partial charge in [0.25, 0.3) is 0 Å². The summed E-state index contributed by atoms with van der Waals surface area (Å²) in [7, 11) is 0. The lowest BCUT2D eigenvalue weighted by molar-refractivity contribution is 0.0322. The second-order valence-corrected chi connectivity index (χ2v) is 6.43. The molecule has 1 heterocycles. The van der Waals surface area contributed by atoms with Crippen LogP contribution >= 0.6 is 24.0 Å². The van der Waals surface area contributed by atoms with E-state index >= 15 is 0 Å². The van der Waals surface area contributed by atoms with Gasteiger partial charge < -0.3 is 20.1 Å². The average Bonchev–Trinajstić information content (AvgIpc) is 2.67. The molecule has 6 nitrogen and oxygen atoms in total. The minimum atomic E-state index is 0. The van der Waals surface area contributed by atoms with E-state index in [0.29, 0.717) is 13.2 Å². The predicted molar refractivity (Wildman–Crippen MR) is 122 cm³/mol. The molecule has 0 saturated carbocycles. The first kappa shape index (κ1) is 24.0. The molecule has 1 saturated heterocycles. The second-order valence-electron chi connectivity index (χ2n) is 6.43. The lowest BCUT2D eigenvalue weighted by Gasteiger charge is -2.26. The van der Waals surface area contributed by atoms with E-state index in [-0.39, 0.29) is 24.0 Å². The molecule has 1 aromatic rings. The van der Waals surface area contributed by atoms with Crippen LogP contribution in [0, 0.1) is 0 Å². The Kier molecular flexibility index (Phi) is 13.3. The number of benzene rings is 1. The average molecular weight is 490 g/mol. The first-order valence-electron chi connectivity index (χ1n) is 9.85. The highest BCUT2D eigenvalue weighted by atomic mass is 127. The fourth-order valence-corrected chi connectivity index (χ4v) is 2.75. The van der Waals surface area contributed by atoms with Crippen molar-refractivity contribution >= 4 is 29.9 Å². The number of aliphatic imine (C=N–C) groups is 1. The molecule has 0 spiro atoms. The molecule has 7 heteroatoms. The van der Waals surface area contributed by atoms with Crippen molar-refractivity contribution in [3.63, 3.8) is 0 Å². The maximum atomic E-state index is 5.92. The number of unbranched alkanes of at least 4 members (excludes halogenated alkanes) is 1. The summed E-state index contributed by atoms with van der Waals surface area (Å²) in [6.45, 7) is 12.0. The number of hydrogen-bond acceptors (Lipinski definition) is 4. The van der Waals surface area contributed by atoms with Gasteiger partial charge in [-0.15, -0.1) is 24.0 Å². The smallest absolute Gasteiger partial charge is 0.191 e. The van der Waals surface area contributed by atoms with Crippen LogP contribution in [0.5, 0.6) is 5.75 Å². The van der Waals surface area contributed by atoms with E-state index < -0.39 is 0 Å². The molecule has 1 aromatic carbocycles. The molecule has 2 rings (SSSR count). The maximum absolute atomic E-state index is 5.92. The van der Waals surface area contributed by atoms with Crippen LogP contribution in [0.4, 0.5) is 0 Å². The molecule has 0 aromatic heterocycles.